The van der Waals surface area contributed by atoms with Gasteiger partial charge in [0.1, 0.15) is 30.4 Å². The molecule has 0 aromatic heterocycles. The van der Waals surface area contributed by atoms with Crippen LogP contribution in [0.15, 0.2) is 84.9 Å². The van der Waals surface area contributed by atoms with E-state index >= 15 is 4.39 Å². The van der Waals surface area contributed by atoms with Crippen LogP contribution in [0.4, 0.5) is 14.0 Å². The summed E-state index contributed by atoms with van der Waals surface area (Å²) in [5.41, 5.74) is 2.12. The third-order valence-electron chi connectivity index (χ3n) is 8.67. The summed E-state index contributed by atoms with van der Waals surface area (Å²) in [6, 6.07) is 22.4. The van der Waals surface area contributed by atoms with Crippen molar-refractivity contribution in [3.63, 3.8) is 0 Å². The molecular weight excluding hydrogens is 655 g/mol. The summed E-state index contributed by atoms with van der Waals surface area (Å²) in [6.07, 6.45) is 3.59. The maximum Gasteiger partial charge on any atom is 0.410 e. The zero-order valence-corrected chi connectivity index (χ0v) is 29.5. The second-order valence-electron chi connectivity index (χ2n) is 13.7. The number of esters is 1. The number of carbonyl (C=O) groups excluding carboxylic acids is 3. The Morgan fingerprint density at radius 3 is 2.22 bits per heavy atom. The number of rotatable bonds is 12. The Morgan fingerprint density at radius 1 is 0.882 bits per heavy atom. The van der Waals surface area contributed by atoms with Crippen molar-refractivity contribution in [3.8, 4) is 5.75 Å². The number of halogens is 1. The summed E-state index contributed by atoms with van der Waals surface area (Å²) in [4.78, 5) is 40.2. The molecule has 0 bridgehead atoms. The van der Waals surface area contributed by atoms with Crippen molar-refractivity contribution in [2.75, 3.05) is 19.8 Å². The molecule has 272 valence electrons. The van der Waals surface area contributed by atoms with Crippen LogP contribution in [0.2, 0.25) is 0 Å². The van der Waals surface area contributed by atoms with Crippen LogP contribution in [0.25, 0.3) is 5.57 Å². The Bertz CT molecular complexity index is 1640. The van der Waals surface area contributed by atoms with Gasteiger partial charge < -0.3 is 33.9 Å². The quantitative estimate of drug-likeness (QED) is 0.152. The number of carbonyl (C=O) groups is 3. The van der Waals surface area contributed by atoms with E-state index in [1.165, 1.54) is 6.07 Å². The molecule has 51 heavy (non-hydrogen) atoms. The summed E-state index contributed by atoms with van der Waals surface area (Å²) in [5, 5.41) is 2.96. The number of piperidine rings is 1. The van der Waals surface area contributed by atoms with E-state index in [9.17, 15) is 14.4 Å². The van der Waals surface area contributed by atoms with E-state index in [1.807, 2.05) is 66.7 Å². The molecule has 1 saturated heterocycles. The van der Waals surface area contributed by atoms with E-state index in [1.54, 1.807) is 37.8 Å². The average molecular weight is 703 g/mol. The van der Waals surface area contributed by atoms with Crippen LogP contribution in [0, 0.1) is 5.82 Å². The van der Waals surface area contributed by atoms with Crippen LogP contribution in [-0.4, -0.2) is 66.6 Å². The molecular formula is C40H47FN2O8. The highest BCUT2D eigenvalue weighted by Crippen LogP contribution is 2.36. The lowest BCUT2D eigenvalue weighted by molar-refractivity contribution is -0.147. The fraction of sp³-hybridized carbons (Fsp3) is 0.425. The Balaban J connectivity index is 1.21. The SMILES string of the molecule is CC(C)(C)OC(=O)NC1CCCN(C(=O)OCc2ccccc2)C1COC1CC=C(c2c(F)cccc2OCC(=O)OCc2ccccc2)CC1. The number of amides is 2. The number of benzene rings is 3. The summed E-state index contributed by atoms with van der Waals surface area (Å²) in [7, 11) is 0. The minimum Gasteiger partial charge on any atom is -0.481 e. The van der Waals surface area contributed by atoms with Crippen molar-refractivity contribution < 1.29 is 42.5 Å². The zero-order valence-electron chi connectivity index (χ0n) is 29.5. The molecule has 5 rings (SSSR count). The van der Waals surface area contributed by atoms with Crippen LogP contribution >= 0.6 is 0 Å². The Morgan fingerprint density at radius 2 is 1.57 bits per heavy atom. The van der Waals surface area contributed by atoms with Crippen LogP contribution in [0.1, 0.15) is 69.6 Å². The third kappa shape index (κ3) is 11.3. The van der Waals surface area contributed by atoms with E-state index in [2.05, 4.69) is 5.32 Å². The standard InChI is InChI=1S/C40H47FN2O8/c1-40(2,3)51-38(45)42-33-17-11-23-43(39(46)50-25-29-14-8-5-9-15-29)34(33)26-47-31-21-19-30(20-22-31)37-32(41)16-10-18-35(37)48-27-36(44)49-24-28-12-6-4-7-13-28/h4-10,12-16,18-19,31,33-34H,11,17,20-27H2,1-3H3,(H,42,45). The van der Waals surface area contributed by atoms with Gasteiger partial charge in [0, 0.05) is 6.54 Å². The maximum absolute atomic E-state index is 15.2. The first kappa shape index (κ1) is 37.4. The van der Waals surface area contributed by atoms with Gasteiger partial charge in [-0.05, 0) is 81.7 Å². The topological polar surface area (TPSA) is 113 Å². The van der Waals surface area contributed by atoms with Gasteiger partial charge in [-0.1, -0.05) is 72.8 Å². The molecule has 0 spiro atoms. The van der Waals surface area contributed by atoms with E-state index in [-0.39, 0.29) is 38.3 Å². The predicted octanol–water partition coefficient (Wildman–Crippen LogP) is 7.59. The molecule has 3 unspecified atom stereocenters. The van der Waals surface area contributed by atoms with Crippen LogP contribution in [0.5, 0.6) is 5.75 Å². The van der Waals surface area contributed by atoms with Crippen molar-refractivity contribution in [1.29, 1.82) is 0 Å². The number of hydrogen-bond donors (Lipinski definition) is 1. The summed E-state index contributed by atoms with van der Waals surface area (Å²) >= 11 is 0. The number of hydrogen-bond acceptors (Lipinski definition) is 8. The lowest BCUT2D eigenvalue weighted by atomic mass is 9.91. The molecule has 1 fully saturated rings. The molecule has 10 nitrogen and oxygen atoms in total. The van der Waals surface area contributed by atoms with Gasteiger partial charge >= 0.3 is 18.2 Å². The van der Waals surface area contributed by atoms with E-state index in [0.717, 1.165) is 16.7 Å². The number of allylic oxidation sites excluding steroid dienone is 1. The Hall–Kier alpha value is -4.90. The Labute approximate surface area is 298 Å². The van der Waals surface area contributed by atoms with E-state index in [0.29, 0.717) is 44.2 Å². The molecule has 3 aromatic rings. The van der Waals surface area contributed by atoms with Crippen molar-refractivity contribution in [1.82, 2.24) is 10.2 Å². The minimum absolute atomic E-state index is 0.122. The van der Waals surface area contributed by atoms with Gasteiger partial charge in [-0.2, -0.15) is 0 Å². The van der Waals surface area contributed by atoms with Gasteiger partial charge in [0.15, 0.2) is 6.61 Å². The fourth-order valence-electron chi connectivity index (χ4n) is 6.20. The first-order valence-corrected chi connectivity index (χ1v) is 17.4. The average Bonchev–Trinajstić information content (AvgIpc) is 3.12. The van der Waals surface area contributed by atoms with Crippen molar-refractivity contribution >= 4 is 23.7 Å². The van der Waals surface area contributed by atoms with E-state index < -0.39 is 41.7 Å². The molecule has 2 amide bonds. The Kier molecular flexibility index (Phi) is 13.1. The van der Waals surface area contributed by atoms with Crippen molar-refractivity contribution in [3.05, 3.63) is 107 Å². The number of likely N-dealkylation sites (tertiary alicyclic amines) is 1. The number of nitrogens with one attached hydrogen (secondary N) is 1. The summed E-state index contributed by atoms with van der Waals surface area (Å²) < 4.78 is 43.8. The third-order valence-corrected chi connectivity index (χ3v) is 8.67. The molecule has 0 radical (unpaired) electrons. The first-order chi connectivity index (χ1) is 24.6. The molecule has 3 atom stereocenters. The van der Waals surface area contributed by atoms with Crippen molar-refractivity contribution in [2.45, 2.75) is 89.9 Å². The molecule has 3 aromatic carbocycles. The molecule has 11 heteroatoms. The van der Waals surface area contributed by atoms with Gasteiger partial charge in [-0.25, -0.2) is 18.8 Å². The second-order valence-corrected chi connectivity index (χ2v) is 13.7. The monoisotopic (exact) mass is 702 g/mol. The first-order valence-electron chi connectivity index (χ1n) is 17.4. The molecule has 1 heterocycles. The van der Waals surface area contributed by atoms with Crippen LogP contribution in [-0.2, 0) is 37.0 Å². The zero-order chi connectivity index (χ0) is 36.2. The molecule has 1 aliphatic heterocycles. The lowest BCUT2D eigenvalue weighted by Crippen LogP contribution is -2.59. The van der Waals surface area contributed by atoms with Gasteiger partial charge in [-0.15, -0.1) is 0 Å². The number of nitrogens with zero attached hydrogens (tertiary/aromatic N) is 1. The van der Waals surface area contributed by atoms with Crippen LogP contribution in [0.3, 0.4) is 0 Å². The highest BCUT2D eigenvalue weighted by Gasteiger charge is 2.38. The smallest absolute Gasteiger partial charge is 0.410 e. The van der Waals surface area contributed by atoms with Gasteiger partial charge in [0.25, 0.3) is 0 Å². The van der Waals surface area contributed by atoms with Gasteiger partial charge in [-0.3, -0.25) is 0 Å². The normalized spacial score (nSPS) is 19.0. The fourth-order valence-corrected chi connectivity index (χ4v) is 6.20. The van der Waals surface area contributed by atoms with Gasteiger partial charge in [0.2, 0.25) is 0 Å². The summed E-state index contributed by atoms with van der Waals surface area (Å²) in [6.45, 7) is 5.90. The molecule has 0 saturated carbocycles. The molecule has 1 N–H and O–H groups in total. The highest BCUT2D eigenvalue weighted by molar-refractivity contribution is 5.74. The van der Waals surface area contributed by atoms with Crippen LogP contribution < -0.4 is 10.1 Å². The number of ether oxygens (including phenoxy) is 5. The van der Waals surface area contributed by atoms with Gasteiger partial charge in [0.05, 0.1) is 30.4 Å². The van der Waals surface area contributed by atoms with Crippen molar-refractivity contribution in [2.24, 2.45) is 0 Å². The molecule has 2 aliphatic rings. The second kappa shape index (κ2) is 17.8. The predicted molar refractivity (Wildman–Crippen MR) is 189 cm³/mol. The summed E-state index contributed by atoms with van der Waals surface area (Å²) in [5.74, 6) is -0.737. The van der Waals surface area contributed by atoms with E-state index in [4.69, 9.17) is 23.7 Å². The maximum atomic E-state index is 15.2. The largest absolute Gasteiger partial charge is 0.481 e. The molecule has 1 aliphatic carbocycles. The number of alkyl carbamates (subject to hydrolysis) is 1. The minimum atomic E-state index is -0.681. The lowest BCUT2D eigenvalue weighted by Gasteiger charge is -2.41. The highest BCUT2D eigenvalue weighted by atomic mass is 19.1.